The molecule has 2 aromatic rings. The highest BCUT2D eigenvalue weighted by Gasteiger charge is 2.11. The lowest BCUT2D eigenvalue weighted by molar-refractivity contribution is 0.394. The number of methoxy groups -OCH3 is 1. The monoisotopic (exact) mass is 319 g/mol. The molecular formula is C14H14BrN3O. The molecule has 0 saturated carbocycles. The highest BCUT2D eigenvalue weighted by molar-refractivity contribution is 9.10. The zero-order chi connectivity index (χ0) is 13.2. The van der Waals surface area contributed by atoms with Crippen molar-refractivity contribution in [2.75, 3.05) is 12.4 Å². The molecule has 1 N–H and O–H groups in total. The van der Waals surface area contributed by atoms with E-state index >= 15 is 0 Å². The third-order valence-electron chi connectivity index (χ3n) is 3.26. The molecule has 1 aliphatic rings. The number of nitrogens with zero attached hydrogens (tertiary/aromatic N) is 2. The predicted molar refractivity (Wildman–Crippen MR) is 78.0 cm³/mol. The molecule has 0 bridgehead atoms. The van der Waals surface area contributed by atoms with E-state index in [0.717, 1.165) is 16.6 Å². The van der Waals surface area contributed by atoms with E-state index in [1.807, 2.05) is 0 Å². The minimum absolute atomic E-state index is 0.527. The maximum Gasteiger partial charge on any atom is 0.232 e. The zero-order valence-corrected chi connectivity index (χ0v) is 12.2. The summed E-state index contributed by atoms with van der Waals surface area (Å²) in [4.78, 5) is 8.51. The second-order valence-corrected chi connectivity index (χ2v) is 5.37. The lowest BCUT2D eigenvalue weighted by Crippen LogP contribution is -2.00. The largest absolute Gasteiger partial charge is 0.480 e. The first-order valence-corrected chi connectivity index (χ1v) is 7.01. The molecule has 0 atom stereocenters. The molecule has 0 amide bonds. The third-order valence-corrected chi connectivity index (χ3v) is 3.80. The molecule has 3 rings (SSSR count). The average Bonchev–Trinajstić information content (AvgIpc) is 2.88. The van der Waals surface area contributed by atoms with Gasteiger partial charge in [-0.05, 0) is 58.5 Å². The van der Waals surface area contributed by atoms with Gasteiger partial charge in [0.25, 0.3) is 0 Å². The molecule has 19 heavy (non-hydrogen) atoms. The summed E-state index contributed by atoms with van der Waals surface area (Å²) in [7, 11) is 1.59. The van der Waals surface area contributed by atoms with E-state index in [1.54, 1.807) is 13.3 Å². The van der Waals surface area contributed by atoms with Crippen LogP contribution in [0.25, 0.3) is 0 Å². The molecule has 0 saturated heterocycles. The van der Waals surface area contributed by atoms with Gasteiger partial charge in [-0.3, -0.25) is 0 Å². The van der Waals surface area contributed by atoms with Gasteiger partial charge in [0.05, 0.1) is 17.8 Å². The number of fused-ring (bicyclic) bond motifs is 1. The van der Waals surface area contributed by atoms with Crippen LogP contribution < -0.4 is 10.1 Å². The predicted octanol–water partition coefficient (Wildman–Crippen LogP) is 3.48. The van der Waals surface area contributed by atoms with Crippen LogP contribution in [-0.4, -0.2) is 17.1 Å². The van der Waals surface area contributed by atoms with Gasteiger partial charge in [0.2, 0.25) is 11.8 Å². The number of hydrogen-bond acceptors (Lipinski definition) is 4. The van der Waals surface area contributed by atoms with E-state index in [4.69, 9.17) is 4.74 Å². The van der Waals surface area contributed by atoms with Crippen LogP contribution in [0.15, 0.2) is 28.9 Å². The summed E-state index contributed by atoms with van der Waals surface area (Å²) in [5.74, 6) is 1.07. The van der Waals surface area contributed by atoms with Crippen LogP contribution in [0, 0.1) is 0 Å². The third kappa shape index (κ3) is 2.56. The maximum absolute atomic E-state index is 5.16. The molecular weight excluding hydrogens is 306 g/mol. The molecule has 1 heterocycles. The Balaban J connectivity index is 1.85. The number of aromatic nitrogens is 2. The second-order valence-electron chi connectivity index (χ2n) is 4.51. The standard InChI is InChI=1S/C14H14BrN3O/c1-19-13-12(15)8-16-14(18-13)17-11-6-5-9-3-2-4-10(9)7-11/h5-8H,2-4H2,1H3,(H,16,17,18). The summed E-state index contributed by atoms with van der Waals surface area (Å²) in [6, 6.07) is 6.43. The van der Waals surface area contributed by atoms with Crippen LogP contribution in [0.1, 0.15) is 17.5 Å². The van der Waals surface area contributed by atoms with Crippen molar-refractivity contribution in [3.05, 3.63) is 40.0 Å². The number of ether oxygens (including phenoxy) is 1. The fraction of sp³-hybridized carbons (Fsp3) is 0.286. The van der Waals surface area contributed by atoms with Crippen LogP contribution >= 0.6 is 15.9 Å². The minimum Gasteiger partial charge on any atom is -0.480 e. The van der Waals surface area contributed by atoms with Crippen molar-refractivity contribution in [3.8, 4) is 5.88 Å². The van der Waals surface area contributed by atoms with Crippen molar-refractivity contribution in [2.45, 2.75) is 19.3 Å². The van der Waals surface area contributed by atoms with Gasteiger partial charge in [0, 0.05) is 5.69 Å². The SMILES string of the molecule is COc1nc(Nc2ccc3c(c2)CCC3)ncc1Br. The number of halogens is 1. The van der Waals surface area contributed by atoms with E-state index in [1.165, 1.54) is 24.0 Å². The van der Waals surface area contributed by atoms with Crippen molar-refractivity contribution < 1.29 is 4.74 Å². The van der Waals surface area contributed by atoms with E-state index < -0.39 is 0 Å². The summed E-state index contributed by atoms with van der Waals surface area (Å²) in [5, 5.41) is 3.21. The summed E-state index contributed by atoms with van der Waals surface area (Å²) >= 11 is 3.34. The van der Waals surface area contributed by atoms with Crippen LogP contribution in [0.2, 0.25) is 0 Å². The van der Waals surface area contributed by atoms with Crippen LogP contribution in [-0.2, 0) is 12.8 Å². The van der Waals surface area contributed by atoms with Gasteiger partial charge in [-0.25, -0.2) is 4.98 Å². The first-order valence-electron chi connectivity index (χ1n) is 6.21. The quantitative estimate of drug-likeness (QED) is 0.940. The molecule has 0 aliphatic heterocycles. The van der Waals surface area contributed by atoms with Crippen LogP contribution in [0.3, 0.4) is 0 Å². The Bertz CT molecular complexity index is 607. The normalized spacial score (nSPS) is 13.2. The summed E-state index contributed by atoms with van der Waals surface area (Å²) < 4.78 is 5.90. The summed E-state index contributed by atoms with van der Waals surface area (Å²) in [5.41, 5.74) is 3.90. The number of nitrogens with one attached hydrogen (secondary N) is 1. The molecule has 98 valence electrons. The van der Waals surface area contributed by atoms with Gasteiger partial charge in [0.1, 0.15) is 0 Å². The lowest BCUT2D eigenvalue weighted by atomic mass is 10.1. The van der Waals surface area contributed by atoms with E-state index in [2.05, 4.69) is 49.4 Å². The summed E-state index contributed by atoms with van der Waals surface area (Å²) in [6.07, 6.45) is 5.29. The van der Waals surface area contributed by atoms with Crippen molar-refractivity contribution in [2.24, 2.45) is 0 Å². The van der Waals surface area contributed by atoms with E-state index in [9.17, 15) is 0 Å². The molecule has 0 unspecified atom stereocenters. The van der Waals surface area contributed by atoms with Crippen molar-refractivity contribution in [1.82, 2.24) is 9.97 Å². The Morgan fingerprint density at radius 3 is 2.95 bits per heavy atom. The fourth-order valence-electron chi connectivity index (χ4n) is 2.33. The topological polar surface area (TPSA) is 47.0 Å². The number of rotatable bonds is 3. The number of anilines is 2. The van der Waals surface area contributed by atoms with Crippen molar-refractivity contribution >= 4 is 27.6 Å². The van der Waals surface area contributed by atoms with Crippen LogP contribution in [0.4, 0.5) is 11.6 Å². The van der Waals surface area contributed by atoms with Crippen molar-refractivity contribution in [1.29, 1.82) is 0 Å². The highest BCUT2D eigenvalue weighted by Crippen LogP contribution is 2.27. The van der Waals surface area contributed by atoms with Gasteiger partial charge < -0.3 is 10.1 Å². The molecule has 5 heteroatoms. The number of hydrogen-bond donors (Lipinski definition) is 1. The molecule has 0 radical (unpaired) electrons. The molecule has 1 aliphatic carbocycles. The molecule has 0 spiro atoms. The Morgan fingerprint density at radius 2 is 2.11 bits per heavy atom. The van der Waals surface area contributed by atoms with Gasteiger partial charge in [-0.1, -0.05) is 6.07 Å². The van der Waals surface area contributed by atoms with Gasteiger partial charge in [-0.15, -0.1) is 0 Å². The second kappa shape index (κ2) is 5.17. The Hall–Kier alpha value is -1.62. The highest BCUT2D eigenvalue weighted by atomic mass is 79.9. The molecule has 1 aromatic heterocycles. The van der Waals surface area contributed by atoms with E-state index in [-0.39, 0.29) is 0 Å². The summed E-state index contributed by atoms with van der Waals surface area (Å²) in [6.45, 7) is 0. The van der Waals surface area contributed by atoms with E-state index in [0.29, 0.717) is 11.8 Å². The van der Waals surface area contributed by atoms with Crippen LogP contribution in [0.5, 0.6) is 5.88 Å². The molecule has 0 fully saturated rings. The minimum atomic E-state index is 0.527. The number of aryl methyl sites for hydroxylation is 2. The lowest BCUT2D eigenvalue weighted by Gasteiger charge is -2.08. The number of benzene rings is 1. The fourth-order valence-corrected chi connectivity index (χ4v) is 2.69. The smallest absolute Gasteiger partial charge is 0.232 e. The average molecular weight is 320 g/mol. The van der Waals surface area contributed by atoms with Gasteiger partial charge in [-0.2, -0.15) is 4.98 Å². The first kappa shape index (κ1) is 12.4. The first-order chi connectivity index (χ1) is 9.26. The molecule has 4 nitrogen and oxygen atoms in total. The Kier molecular flexibility index (Phi) is 3.38. The van der Waals surface area contributed by atoms with Gasteiger partial charge >= 0.3 is 0 Å². The Labute approximate surface area is 120 Å². The van der Waals surface area contributed by atoms with Crippen molar-refractivity contribution in [3.63, 3.8) is 0 Å². The Morgan fingerprint density at radius 1 is 1.26 bits per heavy atom. The maximum atomic E-state index is 5.16. The zero-order valence-electron chi connectivity index (χ0n) is 10.6. The van der Waals surface area contributed by atoms with Gasteiger partial charge in [0.15, 0.2) is 0 Å². The molecule has 1 aromatic carbocycles.